The monoisotopic (exact) mass is 279 g/mol. The predicted octanol–water partition coefficient (Wildman–Crippen LogP) is 0.715. The Kier molecular flexibility index (Phi) is 4.24. The van der Waals surface area contributed by atoms with Crippen molar-refractivity contribution in [3.63, 3.8) is 0 Å². The second-order valence-electron chi connectivity index (χ2n) is 4.60. The van der Waals surface area contributed by atoms with Gasteiger partial charge in [-0.1, -0.05) is 12.1 Å². The van der Waals surface area contributed by atoms with E-state index in [4.69, 9.17) is 4.74 Å². The summed E-state index contributed by atoms with van der Waals surface area (Å²) in [5, 5.41) is 9.95. The van der Waals surface area contributed by atoms with Crippen LogP contribution in [0.5, 0.6) is 5.75 Å². The van der Waals surface area contributed by atoms with E-state index >= 15 is 0 Å². The van der Waals surface area contributed by atoms with Gasteiger partial charge in [-0.15, -0.1) is 0 Å². The van der Waals surface area contributed by atoms with E-state index in [0.29, 0.717) is 12.1 Å². The first-order valence-electron chi connectivity index (χ1n) is 6.32. The molecular weight excluding hydrogens is 262 g/mol. The first kappa shape index (κ1) is 14.3. The quantitative estimate of drug-likeness (QED) is 0.807. The number of methoxy groups -OCH3 is 1. The molecule has 1 unspecified atom stereocenters. The minimum atomic E-state index is -0.773. The smallest absolute Gasteiger partial charge is 0.336 e. The highest BCUT2D eigenvalue weighted by atomic mass is 16.6. The van der Waals surface area contributed by atoms with E-state index in [0.717, 1.165) is 0 Å². The Bertz CT molecular complexity index is 528. The van der Waals surface area contributed by atoms with Crippen molar-refractivity contribution in [2.24, 2.45) is 0 Å². The number of morpholine rings is 1. The number of aryl methyl sites for hydroxylation is 1. The number of aromatic hydroxyl groups is 1. The number of amides is 1. The molecule has 1 N–H and O–H groups in total. The molecule has 0 spiro atoms. The van der Waals surface area contributed by atoms with Crippen molar-refractivity contribution >= 4 is 11.9 Å². The highest BCUT2D eigenvalue weighted by Crippen LogP contribution is 2.23. The second-order valence-corrected chi connectivity index (χ2v) is 4.60. The molecule has 1 heterocycles. The lowest BCUT2D eigenvalue weighted by molar-refractivity contribution is -0.158. The van der Waals surface area contributed by atoms with Gasteiger partial charge in [-0.05, 0) is 18.6 Å². The van der Waals surface area contributed by atoms with Crippen molar-refractivity contribution < 1.29 is 24.2 Å². The number of hydrogen-bond donors (Lipinski definition) is 1. The van der Waals surface area contributed by atoms with E-state index in [-0.39, 0.29) is 30.4 Å². The minimum absolute atomic E-state index is 0.0291. The van der Waals surface area contributed by atoms with Gasteiger partial charge in [-0.25, -0.2) is 4.79 Å². The van der Waals surface area contributed by atoms with Crippen molar-refractivity contribution in [2.75, 3.05) is 26.8 Å². The lowest BCUT2D eigenvalue weighted by Crippen LogP contribution is -2.48. The van der Waals surface area contributed by atoms with Crippen LogP contribution >= 0.6 is 0 Å². The molecule has 1 atom stereocenters. The molecule has 1 saturated heterocycles. The van der Waals surface area contributed by atoms with Crippen LogP contribution in [0.1, 0.15) is 15.9 Å². The Morgan fingerprint density at radius 1 is 1.45 bits per heavy atom. The van der Waals surface area contributed by atoms with Gasteiger partial charge in [0.1, 0.15) is 5.75 Å². The molecule has 6 nitrogen and oxygen atoms in total. The van der Waals surface area contributed by atoms with Gasteiger partial charge in [0.25, 0.3) is 5.91 Å². The molecule has 2 rings (SSSR count). The highest BCUT2D eigenvalue weighted by molar-refractivity contribution is 5.97. The lowest BCUT2D eigenvalue weighted by atomic mass is 10.1. The number of ether oxygens (including phenoxy) is 2. The molecule has 1 aromatic carbocycles. The molecule has 1 aromatic rings. The largest absolute Gasteiger partial charge is 0.507 e. The molecule has 0 bridgehead atoms. The van der Waals surface area contributed by atoms with Gasteiger partial charge in [-0.3, -0.25) is 4.79 Å². The highest BCUT2D eigenvalue weighted by Gasteiger charge is 2.31. The summed E-state index contributed by atoms with van der Waals surface area (Å²) in [5.74, 6) is -0.849. The van der Waals surface area contributed by atoms with Crippen LogP contribution in [0, 0.1) is 6.92 Å². The van der Waals surface area contributed by atoms with E-state index in [1.54, 1.807) is 25.1 Å². The summed E-state index contributed by atoms with van der Waals surface area (Å²) in [4.78, 5) is 25.3. The van der Waals surface area contributed by atoms with E-state index in [1.807, 2.05) is 0 Å². The molecule has 0 radical (unpaired) electrons. The van der Waals surface area contributed by atoms with Crippen LogP contribution in [-0.4, -0.2) is 54.8 Å². The zero-order chi connectivity index (χ0) is 14.7. The summed E-state index contributed by atoms with van der Waals surface area (Å²) < 4.78 is 9.88. The standard InChI is InChI=1S/C14H17NO5/c1-9-4-3-5-10(12(9)16)13(17)15-6-7-20-11(8-15)14(18)19-2/h3-5,11,16H,6-8H2,1-2H3. The molecule has 0 aromatic heterocycles. The third kappa shape index (κ3) is 2.75. The molecular formula is C14H17NO5. The summed E-state index contributed by atoms with van der Waals surface area (Å²) in [7, 11) is 1.28. The van der Waals surface area contributed by atoms with Crippen LogP contribution in [0.2, 0.25) is 0 Å². The van der Waals surface area contributed by atoms with Gasteiger partial charge in [0, 0.05) is 6.54 Å². The van der Waals surface area contributed by atoms with E-state index in [1.165, 1.54) is 12.0 Å². The fraction of sp³-hybridized carbons (Fsp3) is 0.429. The van der Waals surface area contributed by atoms with Crippen molar-refractivity contribution in [3.05, 3.63) is 29.3 Å². The van der Waals surface area contributed by atoms with Crippen LogP contribution in [0.15, 0.2) is 18.2 Å². The van der Waals surface area contributed by atoms with Crippen molar-refractivity contribution in [2.45, 2.75) is 13.0 Å². The van der Waals surface area contributed by atoms with E-state index in [9.17, 15) is 14.7 Å². The Morgan fingerprint density at radius 2 is 2.20 bits per heavy atom. The van der Waals surface area contributed by atoms with Gasteiger partial charge in [0.15, 0.2) is 6.10 Å². The molecule has 1 fully saturated rings. The average molecular weight is 279 g/mol. The summed E-state index contributed by atoms with van der Waals surface area (Å²) in [6, 6.07) is 5.00. The first-order valence-corrected chi connectivity index (χ1v) is 6.32. The average Bonchev–Trinajstić information content (AvgIpc) is 2.48. The maximum absolute atomic E-state index is 12.4. The number of benzene rings is 1. The molecule has 20 heavy (non-hydrogen) atoms. The van der Waals surface area contributed by atoms with E-state index < -0.39 is 12.1 Å². The fourth-order valence-corrected chi connectivity index (χ4v) is 2.11. The number of esters is 1. The third-order valence-electron chi connectivity index (χ3n) is 3.29. The number of carbonyl (C=O) groups excluding carboxylic acids is 2. The summed E-state index contributed by atoms with van der Waals surface area (Å²) in [6.07, 6.45) is -0.773. The maximum atomic E-state index is 12.4. The number of rotatable bonds is 2. The zero-order valence-electron chi connectivity index (χ0n) is 11.5. The summed E-state index contributed by atoms with van der Waals surface area (Å²) >= 11 is 0. The Hall–Kier alpha value is -2.08. The number of nitrogens with zero attached hydrogens (tertiary/aromatic N) is 1. The molecule has 0 saturated carbocycles. The normalized spacial score (nSPS) is 18.7. The first-order chi connectivity index (χ1) is 9.54. The van der Waals surface area contributed by atoms with Crippen LogP contribution in [0.4, 0.5) is 0 Å². The topological polar surface area (TPSA) is 76.1 Å². The van der Waals surface area contributed by atoms with Crippen molar-refractivity contribution in [3.8, 4) is 5.75 Å². The zero-order valence-corrected chi connectivity index (χ0v) is 11.5. The SMILES string of the molecule is COC(=O)C1CN(C(=O)c2cccc(C)c2O)CCO1. The van der Waals surface area contributed by atoms with Crippen molar-refractivity contribution in [1.82, 2.24) is 4.90 Å². The molecule has 1 amide bonds. The molecule has 6 heteroatoms. The molecule has 108 valence electrons. The third-order valence-corrected chi connectivity index (χ3v) is 3.29. The maximum Gasteiger partial charge on any atom is 0.336 e. The van der Waals surface area contributed by atoms with Gasteiger partial charge < -0.3 is 19.5 Å². The molecule has 1 aliphatic heterocycles. The minimum Gasteiger partial charge on any atom is -0.507 e. The van der Waals surface area contributed by atoms with Crippen LogP contribution in [0.3, 0.4) is 0 Å². The second kappa shape index (κ2) is 5.92. The van der Waals surface area contributed by atoms with E-state index in [2.05, 4.69) is 4.74 Å². The molecule has 1 aliphatic rings. The Morgan fingerprint density at radius 3 is 2.90 bits per heavy atom. The van der Waals surface area contributed by atoms with Gasteiger partial charge in [0.05, 0.1) is 25.8 Å². The predicted molar refractivity (Wildman–Crippen MR) is 70.5 cm³/mol. The Balaban J connectivity index is 2.16. The summed E-state index contributed by atoms with van der Waals surface area (Å²) in [6.45, 7) is 2.49. The van der Waals surface area contributed by atoms with Crippen LogP contribution < -0.4 is 0 Å². The number of para-hydroxylation sites is 1. The number of hydrogen-bond acceptors (Lipinski definition) is 5. The molecule has 0 aliphatic carbocycles. The van der Waals surface area contributed by atoms with Crippen molar-refractivity contribution in [1.29, 1.82) is 0 Å². The Labute approximate surface area is 116 Å². The van der Waals surface area contributed by atoms with Crippen LogP contribution in [0.25, 0.3) is 0 Å². The lowest BCUT2D eigenvalue weighted by Gasteiger charge is -2.31. The number of phenols is 1. The van der Waals surface area contributed by atoms with Gasteiger partial charge in [0.2, 0.25) is 0 Å². The summed E-state index contributed by atoms with van der Waals surface area (Å²) in [5.41, 5.74) is 0.865. The van der Waals surface area contributed by atoms with Gasteiger partial charge >= 0.3 is 5.97 Å². The number of phenolic OH excluding ortho intramolecular Hbond substituents is 1. The number of carbonyl (C=O) groups is 2. The fourth-order valence-electron chi connectivity index (χ4n) is 2.11. The van der Waals surface area contributed by atoms with Crippen LogP contribution in [-0.2, 0) is 14.3 Å². The van der Waals surface area contributed by atoms with Gasteiger partial charge in [-0.2, -0.15) is 0 Å².